The van der Waals surface area contributed by atoms with Gasteiger partial charge in [-0.3, -0.25) is 4.79 Å². The number of H-pyrrole nitrogens is 1. The molecule has 0 aliphatic carbocycles. The molecule has 0 spiro atoms. The third-order valence-corrected chi connectivity index (χ3v) is 3.16. The third-order valence-electron chi connectivity index (χ3n) is 3.16. The van der Waals surface area contributed by atoms with Gasteiger partial charge in [-0.05, 0) is 25.1 Å². The van der Waals surface area contributed by atoms with E-state index in [2.05, 4.69) is 4.98 Å². The van der Waals surface area contributed by atoms with E-state index in [4.69, 9.17) is 9.47 Å². The second kappa shape index (κ2) is 8.64. The summed E-state index contributed by atoms with van der Waals surface area (Å²) in [7, 11) is 0. The zero-order valence-electron chi connectivity index (χ0n) is 13.2. The Hall–Kier alpha value is -2.93. The van der Waals surface area contributed by atoms with Gasteiger partial charge in [0, 0.05) is 11.8 Å². The fourth-order valence-corrected chi connectivity index (χ4v) is 1.86. The molecule has 0 unspecified atom stereocenters. The molecule has 2 rings (SSSR count). The molecule has 1 aromatic carbocycles. The number of carbonyl (C=O) groups excluding carboxylic acids is 1. The van der Waals surface area contributed by atoms with Crippen molar-refractivity contribution in [2.75, 3.05) is 13.2 Å². The number of carbonyl (C=O) groups is 1. The smallest absolute Gasteiger partial charge is 0.338 e. The van der Waals surface area contributed by atoms with E-state index in [1.54, 1.807) is 43.3 Å². The number of esters is 1. The number of benzene rings is 1. The maximum Gasteiger partial charge on any atom is 0.338 e. The molecular formula is C17H18N2O5. The third kappa shape index (κ3) is 4.79. The van der Waals surface area contributed by atoms with Crippen LogP contribution in [-0.4, -0.2) is 28.7 Å². The first-order valence-corrected chi connectivity index (χ1v) is 7.33. The molecule has 0 bridgehead atoms. The van der Waals surface area contributed by atoms with Crippen molar-refractivity contribution < 1.29 is 14.3 Å². The Morgan fingerprint density at radius 3 is 2.62 bits per heavy atom. The predicted octanol–water partition coefficient (Wildman–Crippen LogP) is 1.23. The summed E-state index contributed by atoms with van der Waals surface area (Å²) in [5.74, 6) is -0.404. The van der Waals surface area contributed by atoms with E-state index in [0.717, 1.165) is 4.57 Å². The molecule has 2 aromatic rings. The predicted molar refractivity (Wildman–Crippen MR) is 87.9 cm³/mol. The minimum absolute atomic E-state index is 0.113. The molecule has 0 saturated heterocycles. The van der Waals surface area contributed by atoms with E-state index in [-0.39, 0.29) is 25.5 Å². The van der Waals surface area contributed by atoms with Crippen molar-refractivity contribution in [3.8, 4) is 0 Å². The maximum atomic E-state index is 11.8. The van der Waals surface area contributed by atoms with Gasteiger partial charge < -0.3 is 14.5 Å². The van der Waals surface area contributed by atoms with E-state index >= 15 is 0 Å². The second-order valence-electron chi connectivity index (χ2n) is 4.95. The average Bonchev–Trinajstić information content (AvgIpc) is 2.60. The molecule has 0 aliphatic heterocycles. The largest absolute Gasteiger partial charge is 0.458 e. The van der Waals surface area contributed by atoms with Gasteiger partial charge in [0.15, 0.2) is 0 Å². The Labute approximate surface area is 138 Å². The molecule has 126 valence electrons. The molecule has 0 aliphatic rings. The van der Waals surface area contributed by atoms with Crippen LogP contribution in [-0.2, 0) is 16.2 Å². The van der Waals surface area contributed by atoms with Crippen LogP contribution in [0.15, 0.2) is 58.3 Å². The minimum atomic E-state index is -0.522. The van der Waals surface area contributed by atoms with Crippen molar-refractivity contribution >= 4 is 5.97 Å². The van der Waals surface area contributed by atoms with Gasteiger partial charge in [-0.25, -0.2) is 14.2 Å². The van der Waals surface area contributed by atoms with Crippen LogP contribution in [0.5, 0.6) is 0 Å². The fourth-order valence-electron chi connectivity index (χ4n) is 1.86. The molecule has 1 heterocycles. The summed E-state index contributed by atoms with van der Waals surface area (Å²) in [4.78, 5) is 37.4. The number of aromatic amines is 1. The summed E-state index contributed by atoms with van der Waals surface area (Å²) in [6.07, 6.45) is 4.64. The summed E-state index contributed by atoms with van der Waals surface area (Å²) in [5, 5.41) is 0. The van der Waals surface area contributed by atoms with Gasteiger partial charge in [-0.1, -0.05) is 24.3 Å². The topological polar surface area (TPSA) is 90.4 Å². The number of nitrogens with one attached hydrogen (secondary N) is 1. The maximum absolute atomic E-state index is 11.8. The molecule has 0 atom stereocenters. The standard InChI is InChI=1S/C17H18N2O5/c1-13-11-18-17(22)19(15(13)20)12-23-9-5-6-10-24-16(21)14-7-3-2-4-8-14/h2-8,11H,9-10,12H2,1H3,(H,18,22)/b6-5-. The zero-order valence-corrected chi connectivity index (χ0v) is 13.2. The van der Waals surface area contributed by atoms with Gasteiger partial charge >= 0.3 is 11.7 Å². The number of aryl methyl sites for hydroxylation is 1. The van der Waals surface area contributed by atoms with Crippen LogP contribution in [0, 0.1) is 6.92 Å². The molecule has 1 aromatic heterocycles. The Morgan fingerprint density at radius 1 is 1.17 bits per heavy atom. The Kier molecular flexibility index (Phi) is 6.27. The van der Waals surface area contributed by atoms with Crippen LogP contribution >= 0.6 is 0 Å². The normalized spacial score (nSPS) is 10.9. The van der Waals surface area contributed by atoms with Gasteiger partial charge in [0.1, 0.15) is 13.3 Å². The highest BCUT2D eigenvalue weighted by atomic mass is 16.5. The Bertz CT molecular complexity index is 821. The number of aromatic nitrogens is 2. The summed E-state index contributed by atoms with van der Waals surface area (Å²) in [5.41, 5.74) is 0.00709. The van der Waals surface area contributed by atoms with Crippen LogP contribution < -0.4 is 11.2 Å². The number of ether oxygens (including phenoxy) is 2. The Balaban J connectivity index is 1.72. The summed E-state index contributed by atoms with van der Waals surface area (Å²) in [6, 6.07) is 8.68. The number of nitrogens with zero attached hydrogens (tertiary/aromatic N) is 1. The first-order chi connectivity index (χ1) is 11.6. The lowest BCUT2D eigenvalue weighted by molar-refractivity contribution is 0.0547. The summed E-state index contributed by atoms with van der Waals surface area (Å²) >= 11 is 0. The van der Waals surface area contributed by atoms with Gasteiger partial charge in [0.05, 0.1) is 12.2 Å². The number of rotatable bonds is 7. The average molecular weight is 330 g/mol. The molecule has 0 radical (unpaired) electrons. The second-order valence-corrected chi connectivity index (χ2v) is 4.95. The quantitative estimate of drug-likeness (QED) is 0.468. The molecular weight excluding hydrogens is 312 g/mol. The van der Waals surface area contributed by atoms with Gasteiger partial charge in [-0.2, -0.15) is 0 Å². The van der Waals surface area contributed by atoms with E-state index in [1.807, 2.05) is 6.07 Å². The highest BCUT2D eigenvalue weighted by Gasteiger charge is 2.04. The van der Waals surface area contributed by atoms with Crippen molar-refractivity contribution in [3.05, 3.63) is 80.6 Å². The van der Waals surface area contributed by atoms with Crippen molar-refractivity contribution in [1.29, 1.82) is 0 Å². The van der Waals surface area contributed by atoms with Crippen LogP contribution in [0.25, 0.3) is 0 Å². The first-order valence-electron chi connectivity index (χ1n) is 7.33. The molecule has 0 saturated carbocycles. The lowest BCUT2D eigenvalue weighted by Gasteiger charge is -2.05. The van der Waals surface area contributed by atoms with Gasteiger partial charge in [-0.15, -0.1) is 0 Å². The van der Waals surface area contributed by atoms with Crippen molar-refractivity contribution in [2.24, 2.45) is 0 Å². The molecule has 0 amide bonds. The van der Waals surface area contributed by atoms with E-state index in [0.29, 0.717) is 11.1 Å². The van der Waals surface area contributed by atoms with Crippen LogP contribution in [0.2, 0.25) is 0 Å². The van der Waals surface area contributed by atoms with Crippen molar-refractivity contribution in [2.45, 2.75) is 13.7 Å². The van der Waals surface area contributed by atoms with E-state index in [9.17, 15) is 14.4 Å². The van der Waals surface area contributed by atoms with Crippen molar-refractivity contribution in [3.63, 3.8) is 0 Å². The van der Waals surface area contributed by atoms with E-state index < -0.39 is 11.7 Å². The lowest BCUT2D eigenvalue weighted by atomic mass is 10.2. The SMILES string of the molecule is Cc1c[nH]c(=O)n(COC/C=C\COC(=O)c2ccccc2)c1=O. The fraction of sp³-hybridized carbons (Fsp3) is 0.235. The van der Waals surface area contributed by atoms with Gasteiger partial charge in [0.25, 0.3) is 5.56 Å². The lowest BCUT2D eigenvalue weighted by Crippen LogP contribution is -2.36. The molecule has 1 N–H and O–H groups in total. The van der Waals surface area contributed by atoms with Gasteiger partial charge in [0.2, 0.25) is 0 Å². The zero-order chi connectivity index (χ0) is 17.4. The summed E-state index contributed by atoms with van der Waals surface area (Å²) < 4.78 is 11.3. The first kappa shape index (κ1) is 17.4. The van der Waals surface area contributed by atoms with E-state index in [1.165, 1.54) is 6.20 Å². The molecule has 0 fully saturated rings. The highest BCUT2D eigenvalue weighted by Crippen LogP contribution is 2.00. The Morgan fingerprint density at radius 2 is 1.88 bits per heavy atom. The van der Waals surface area contributed by atoms with Crippen molar-refractivity contribution in [1.82, 2.24) is 9.55 Å². The van der Waals surface area contributed by atoms with Crippen LogP contribution in [0.1, 0.15) is 15.9 Å². The van der Waals surface area contributed by atoms with Crippen LogP contribution in [0.4, 0.5) is 0 Å². The monoisotopic (exact) mass is 330 g/mol. The summed E-state index contributed by atoms with van der Waals surface area (Å²) in [6.45, 7) is 1.75. The molecule has 7 heteroatoms. The van der Waals surface area contributed by atoms with Crippen LogP contribution in [0.3, 0.4) is 0 Å². The molecule has 7 nitrogen and oxygen atoms in total. The minimum Gasteiger partial charge on any atom is -0.458 e. The number of hydrogen-bond donors (Lipinski definition) is 1. The highest BCUT2D eigenvalue weighted by molar-refractivity contribution is 5.89. The number of hydrogen-bond acceptors (Lipinski definition) is 5. The molecule has 24 heavy (non-hydrogen) atoms.